The van der Waals surface area contributed by atoms with Gasteiger partial charge in [-0.3, -0.25) is 24.2 Å². The molecule has 4 rings (SSSR count). The van der Waals surface area contributed by atoms with Crippen molar-refractivity contribution in [1.82, 2.24) is 0 Å². The van der Waals surface area contributed by atoms with Crippen molar-refractivity contribution in [1.29, 1.82) is 0 Å². The van der Waals surface area contributed by atoms with Gasteiger partial charge < -0.3 is 67.5 Å². The first-order valence-corrected chi connectivity index (χ1v) is 20.2. The van der Waals surface area contributed by atoms with Crippen LogP contribution in [0.5, 0.6) is 23.0 Å². The molecule has 2 aliphatic heterocycles. The van der Waals surface area contributed by atoms with Gasteiger partial charge in [0, 0.05) is 65.4 Å². The van der Waals surface area contributed by atoms with Gasteiger partial charge in [0.2, 0.25) is 0 Å². The van der Waals surface area contributed by atoms with Crippen molar-refractivity contribution < 1.29 is 91.7 Å². The number of aliphatic carboxylic acids is 1. The quantitative estimate of drug-likeness (QED) is 0.191. The van der Waals surface area contributed by atoms with Crippen LogP contribution in [0, 0.1) is 5.92 Å². The summed E-state index contributed by atoms with van der Waals surface area (Å²) in [6, 6.07) is 7.74. The van der Waals surface area contributed by atoms with E-state index in [1.807, 2.05) is 52.0 Å². The number of ether oxygens (including phenoxy) is 6. The van der Waals surface area contributed by atoms with Crippen molar-refractivity contribution in [3.63, 3.8) is 0 Å². The molecule has 0 unspecified atom stereocenters. The first-order chi connectivity index (χ1) is 23.2. The number of carboxylic acid groups (broad SMARTS) is 1. The number of hydrogen-bond acceptors (Lipinski definition) is 9. The van der Waals surface area contributed by atoms with E-state index in [0.717, 1.165) is 70.9 Å². The van der Waals surface area contributed by atoms with Gasteiger partial charge in [0.15, 0.2) is 11.6 Å². The molecule has 0 atom stereocenters. The Morgan fingerprint density at radius 3 is 1.22 bits per heavy atom. The van der Waals surface area contributed by atoms with Crippen LogP contribution in [0.2, 0.25) is 0 Å². The van der Waals surface area contributed by atoms with Gasteiger partial charge in [0.1, 0.15) is 71.7 Å². The number of quaternary nitrogens is 2. The summed E-state index contributed by atoms with van der Waals surface area (Å²) >= 11 is 8.92. The van der Waals surface area contributed by atoms with E-state index in [9.17, 15) is 9.59 Å². The predicted octanol–water partition coefficient (Wildman–Crippen LogP) is -1.51. The number of ketones is 2. The fourth-order valence-electron chi connectivity index (χ4n) is 5.10. The topological polar surface area (TPSA) is 136 Å². The number of halogens is 5. The van der Waals surface area contributed by atoms with Gasteiger partial charge in [0.05, 0.1) is 59.2 Å². The molecule has 2 aromatic rings. The molecular weight excluding hydrogens is 996 g/mol. The summed E-state index contributed by atoms with van der Waals surface area (Å²) in [6.45, 7) is 15.0. The lowest BCUT2D eigenvalue weighted by molar-refractivity contribution is -0.842. The zero-order valence-corrected chi connectivity index (χ0v) is 38.5. The third kappa shape index (κ3) is 16.3. The number of Topliss-reactive ketones (excluding diaryl/α,β-unsaturated/α-hetero) is 2. The van der Waals surface area contributed by atoms with Crippen LogP contribution in [-0.2, 0) is 14.3 Å². The smallest absolute Gasteiger partial charge is 0.300 e. The van der Waals surface area contributed by atoms with E-state index in [-0.39, 0.29) is 51.4 Å². The molecule has 292 valence electrons. The van der Waals surface area contributed by atoms with Gasteiger partial charge in [-0.2, -0.15) is 0 Å². The summed E-state index contributed by atoms with van der Waals surface area (Å²) in [5.74, 6) is 1.30. The van der Waals surface area contributed by atoms with Gasteiger partial charge in [-0.05, 0) is 13.8 Å². The van der Waals surface area contributed by atoms with Gasteiger partial charge in [0.25, 0.3) is 5.97 Å². The van der Waals surface area contributed by atoms with Crippen molar-refractivity contribution in [2.24, 2.45) is 5.92 Å². The van der Waals surface area contributed by atoms with Crippen molar-refractivity contribution >= 4 is 73.1 Å². The highest BCUT2D eigenvalue weighted by Crippen LogP contribution is 2.37. The number of carbonyl (C=O) groups excluding carboxylic acids is 2. The zero-order chi connectivity index (χ0) is 37.3. The SMILES string of the molecule is BrBr.CC(=O)O.COc1cc([NH+]2CCOCC2)cc(OC)c1C(=O)C(C)(C)Br.COc1cc([NH+]2CCOCC2)cc(OC)c1C(=O)C(C)C.[Br-].[Br-]. The van der Waals surface area contributed by atoms with Crippen LogP contribution in [-0.4, -0.2) is 108 Å². The highest BCUT2D eigenvalue weighted by molar-refractivity contribution is 9.93. The fourth-order valence-corrected chi connectivity index (χ4v) is 5.30. The van der Waals surface area contributed by atoms with E-state index in [0.29, 0.717) is 34.1 Å². The molecule has 2 fully saturated rings. The maximum atomic E-state index is 12.7. The molecule has 2 aliphatic rings. The third-order valence-electron chi connectivity index (χ3n) is 7.56. The average molecular weight is 1050 g/mol. The Bertz CT molecular complexity index is 1310. The Labute approximate surface area is 346 Å². The fraction of sp³-hybridized carbons (Fsp3) is 0.559. The lowest BCUT2D eigenvalue weighted by atomic mass is 9.98. The summed E-state index contributed by atoms with van der Waals surface area (Å²) < 4.78 is 31.9. The second kappa shape index (κ2) is 26.5. The van der Waals surface area contributed by atoms with E-state index in [4.69, 9.17) is 38.3 Å². The number of morpholine rings is 2. The Hall–Kier alpha value is -1.31. The Kier molecular flexibility index (Phi) is 26.9. The number of hydrogen-bond donors (Lipinski definition) is 3. The number of methoxy groups -OCH3 is 4. The molecule has 17 heteroatoms. The Morgan fingerprint density at radius 2 is 0.980 bits per heavy atom. The van der Waals surface area contributed by atoms with Crippen LogP contribution in [0.4, 0.5) is 11.4 Å². The van der Waals surface area contributed by atoms with Gasteiger partial charge in [-0.15, -0.1) is 0 Å². The highest BCUT2D eigenvalue weighted by atomic mass is 80.9. The van der Waals surface area contributed by atoms with E-state index in [1.165, 1.54) is 9.80 Å². The van der Waals surface area contributed by atoms with Gasteiger partial charge in [-0.25, -0.2) is 0 Å². The first kappa shape index (κ1) is 51.8. The molecule has 0 saturated carbocycles. The van der Waals surface area contributed by atoms with Crippen LogP contribution in [0.15, 0.2) is 24.3 Å². The van der Waals surface area contributed by atoms with Crippen molar-refractivity contribution in [3.8, 4) is 23.0 Å². The minimum Gasteiger partial charge on any atom is -1.00 e. The second-order valence-corrected chi connectivity index (χ2v) is 13.8. The van der Waals surface area contributed by atoms with Crippen molar-refractivity contribution in [2.75, 3.05) is 81.0 Å². The molecule has 0 aromatic heterocycles. The van der Waals surface area contributed by atoms with Gasteiger partial charge >= 0.3 is 0 Å². The average Bonchev–Trinajstić information content (AvgIpc) is 3.10. The van der Waals surface area contributed by atoms with Crippen LogP contribution < -0.4 is 62.7 Å². The third-order valence-corrected chi connectivity index (χ3v) is 7.92. The number of alkyl halides is 1. The molecule has 3 N–H and O–H groups in total. The van der Waals surface area contributed by atoms with Crippen molar-refractivity contribution in [3.05, 3.63) is 35.4 Å². The van der Waals surface area contributed by atoms with Crippen molar-refractivity contribution in [2.45, 2.75) is 38.9 Å². The van der Waals surface area contributed by atoms with E-state index in [1.54, 1.807) is 28.4 Å². The zero-order valence-electron chi connectivity index (χ0n) is 30.6. The lowest BCUT2D eigenvalue weighted by Gasteiger charge is -2.25. The summed E-state index contributed by atoms with van der Waals surface area (Å²) in [5, 5.41) is 7.42. The molecule has 12 nitrogen and oxygen atoms in total. The van der Waals surface area contributed by atoms with E-state index in [2.05, 4.69) is 44.2 Å². The predicted molar refractivity (Wildman–Crippen MR) is 199 cm³/mol. The Balaban J connectivity index is 0. The standard InChI is InChI=1S/C16H22BrNO4.C16H23NO4.C2H4O2.Br2.2BrH/c1-16(2,17)15(19)14-12(20-3)9-11(10-13(14)21-4)18-5-7-22-8-6-18;1-11(2)16(18)15-13(19-3)9-12(10-14(15)20-4)17-5-7-21-8-6-17;1-2(3)4;1-2;;/h9-10H,5-8H2,1-4H3;9-11H,5-8H2,1-4H3;1H3,(H,3,4);;2*1H. The minimum atomic E-state index is -0.833. The molecule has 51 heavy (non-hydrogen) atoms. The number of carboxylic acids is 1. The molecule has 2 aromatic carbocycles. The van der Waals surface area contributed by atoms with Gasteiger partial charge in [-0.1, -0.05) is 29.8 Å². The van der Waals surface area contributed by atoms with Crippen LogP contribution in [0.1, 0.15) is 55.3 Å². The summed E-state index contributed by atoms with van der Waals surface area (Å²) in [6.07, 6.45) is 0. The molecule has 0 radical (unpaired) electrons. The molecule has 2 saturated heterocycles. The number of nitrogens with one attached hydrogen (secondary N) is 2. The normalized spacial score (nSPS) is 14.3. The molecule has 0 amide bonds. The monoisotopic (exact) mass is 1040 g/mol. The van der Waals surface area contributed by atoms with Crippen LogP contribution in [0.25, 0.3) is 0 Å². The molecule has 0 aliphatic carbocycles. The Morgan fingerprint density at radius 1 is 0.706 bits per heavy atom. The minimum absolute atomic E-state index is 0. The number of carbonyl (C=O) groups is 3. The van der Waals surface area contributed by atoms with E-state index < -0.39 is 10.3 Å². The lowest BCUT2D eigenvalue weighted by Crippen LogP contribution is -3.09. The summed E-state index contributed by atoms with van der Waals surface area (Å²) in [4.78, 5) is 36.7. The largest absolute Gasteiger partial charge is 1.00 e. The number of benzene rings is 2. The summed E-state index contributed by atoms with van der Waals surface area (Å²) in [5.41, 5.74) is 3.14. The molecular formula is C34H51Br5N2O10. The molecule has 2 heterocycles. The highest BCUT2D eigenvalue weighted by Gasteiger charge is 2.33. The van der Waals surface area contributed by atoms with E-state index >= 15 is 0 Å². The first-order valence-electron chi connectivity index (χ1n) is 15.7. The molecule has 0 bridgehead atoms. The van der Waals surface area contributed by atoms with Crippen LogP contribution in [0.3, 0.4) is 0 Å². The molecule has 0 spiro atoms. The second-order valence-electron chi connectivity index (χ2n) is 11.8. The number of rotatable bonds is 10. The maximum Gasteiger partial charge on any atom is 0.300 e. The summed E-state index contributed by atoms with van der Waals surface area (Å²) in [7, 11) is 6.32. The maximum absolute atomic E-state index is 12.7. The van der Waals surface area contributed by atoms with Crippen LogP contribution >= 0.6 is 44.2 Å².